The molecule has 0 aliphatic carbocycles. The number of hydrogen-bond donors (Lipinski definition) is 2. The second-order valence-corrected chi connectivity index (χ2v) is 5.67. The first-order valence-corrected chi connectivity index (χ1v) is 7.75. The van der Waals surface area contributed by atoms with Crippen molar-refractivity contribution < 1.29 is 15.2 Å². The summed E-state index contributed by atoms with van der Waals surface area (Å²) >= 11 is 0. The minimum atomic E-state index is -0.490. The normalized spacial score (nSPS) is 10.9. The number of nitro groups is 1. The van der Waals surface area contributed by atoms with Crippen LogP contribution < -0.4 is 0 Å². The number of nitro benzene ring substituents is 1. The van der Waals surface area contributed by atoms with Gasteiger partial charge >= 0.3 is 0 Å². The van der Waals surface area contributed by atoms with E-state index in [1.54, 1.807) is 36.7 Å². The molecule has 130 valence electrons. The van der Waals surface area contributed by atoms with Crippen molar-refractivity contribution in [2.75, 3.05) is 0 Å². The van der Waals surface area contributed by atoms with Gasteiger partial charge in [0, 0.05) is 35.7 Å². The summed E-state index contributed by atoms with van der Waals surface area (Å²) in [6, 6.07) is 13.2. The van der Waals surface area contributed by atoms with E-state index in [0.717, 1.165) is 17.3 Å². The first kappa shape index (κ1) is 17.1. The van der Waals surface area contributed by atoms with Crippen LogP contribution in [0, 0.1) is 10.1 Å². The Bertz CT molecular complexity index is 972. The fourth-order valence-electron chi connectivity index (χ4n) is 2.73. The SMILES string of the molecule is O=[N+]([O-])c1cccc(-c2cc(Cc3cccnc3)cc(/C=N/O)c2O)c1. The second kappa shape index (κ2) is 7.43. The van der Waals surface area contributed by atoms with Gasteiger partial charge in [-0.3, -0.25) is 15.1 Å². The molecular formula is C19H15N3O4. The van der Waals surface area contributed by atoms with Gasteiger partial charge in [-0.1, -0.05) is 23.4 Å². The van der Waals surface area contributed by atoms with Gasteiger partial charge in [0.05, 0.1) is 11.1 Å². The molecule has 0 bridgehead atoms. The van der Waals surface area contributed by atoms with Gasteiger partial charge in [0.25, 0.3) is 5.69 Å². The molecule has 0 radical (unpaired) electrons. The summed E-state index contributed by atoms with van der Waals surface area (Å²) in [5.41, 5.74) is 2.97. The summed E-state index contributed by atoms with van der Waals surface area (Å²) in [5, 5.41) is 33.4. The summed E-state index contributed by atoms with van der Waals surface area (Å²) in [7, 11) is 0. The zero-order valence-electron chi connectivity index (χ0n) is 13.6. The molecule has 0 atom stereocenters. The Morgan fingerprint density at radius 1 is 1.15 bits per heavy atom. The minimum Gasteiger partial charge on any atom is -0.507 e. The van der Waals surface area contributed by atoms with E-state index in [0.29, 0.717) is 23.1 Å². The van der Waals surface area contributed by atoms with Gasteiger partial charge in [0.2, 0.25) is 0 Å². The number of non-ortho nitro benzene ring substituents is 1. The molecule has 26 heavy (non-hydrogen) atoms. The number of aromatic hydroxyl groups is 1. The van der Waals surface area contributed by atoms with E-state index >= 15 is 0 Å². The summed E-state index contributed by atoms with van der Waals surface area (Å²) in [6.45, 7) is 0. The highest BCUT2D eigenvalue weighted by Gasteiger charge is 2.14. The molecule has 2 aromatic carbocycles. The topological polar surface area (TPSA) is 109 Å². The van der Waals surface area contributed by atoms with Crippen molar-refractivity contribution in [3.63, 3.8) is 0 Å². The molecular weight excluding hydrogens is 334 g/mol. The third-order valence-corrected chi connectivity index (χ3v) is 3.90. The average Bonchev–Trinajstić information content (AvgIpc) is 2.65. The molecule has 1 aromatic heterocycles. The molecule has 0 fully saturated rings. The third kappa shape index (κ3) is 3.67. The minimum absolute atomic E-state index is 0.0723. The smallest absolute Gasteiger partial charge is 0.270 e. The van der Waals surface area contributed by atoms with Gasteiger partial charge in [-0.2, -0.15) is 0 Å². The van der Waals surface area contributed by atoms with E-state index in [-0.39, 0.29) is 11.4 Å². The van der Waals surface area contributed by atoms with Crippen LogP contribution in [0.5, 0.6) is 5.75 Å². The second-order valence-electron chi connectivity index (χ2n) is 5.67. The maximum Gasteiger partial charge on any atom is 0.270 e. The van der Waals surface area contributed by atoms with Crippen LogP contribution in [-0.2, 0) is 6.42 Å². The highest BCUT2D eigenvalue weighted by atomic mass is 16.6. The number of benzene rings is 2. The first-order valence-electron chi connectivity index (χ1n) is 7.75. The van der Waals surface area contributed by atoms with Gasteiger partial charge in [-0.25, -0.2) is 0 Å². The Morgan fingerprint density at radius 2 is 2.00 bits per heavy atom. The Labute approximate surface area is 149 Å². The lowest BCUT2D eigenvalue weighted by atomic mass is 9.95. The van der Waals surface area contributed by atoms with Crippen molar-refractivity contribution in [3.05, 3.63) is 87.7 Å². The predicted molar refractivity (Wildman–Crippen MR) is 96.6 cm³/mol. The van der Waals surface area contributed by atoms with E-state index in [1.165, 1.54) is 12.1 Å². The van der Waals surface area contributed by atoms with E-state index in [9.17, 15) is 15.2 Å². The average molecular weight is 349 g/mol. The van der Waals surface area contributed by atoms with Crippen LogP contribution in [0.2, 0.25) is 0 Å². The van der Waals surface area contributed by atoms with E-state index in [1.807, 2.05) is 12.1 Å². The van der Waals surface area contributed by atoms with Crippen LogP contribution in [0.3, 0.4) is 0 Å². The summed E-state index contributed by atoms with van der Waals surface area (Å²) in [4.78, 5) is 14.6. The zero-order chi connectivity index (χ0) is 18.5. The maximum absolute atomic E-state index is 11.0. The van der Waals surface area contributed by atoms with Crippen LogP contribution >= 0.6 is 0 Å². The molecule has 7 nitrogen and oxygen atoms in total. The molecule has 3 rings (SSSR count). The molecule has 0 aliphatic heterocycles. The quantitative estimate of drug-likeness (QED) is 0.315. The van der Waals surface area contributed by atoms with Gasteiger partial charge in [0.1, 0.15) is 5.75 Å². The van der Waals surface area contributed by atoms with Crippen LogP contribution in [0.25, 0.3) is 11.1 Å². The molecule has 0 unspecified atom stereocenters. The highest BCUT2D eigenvalue weighted by Crippen LogP contribution is 2.35. The standard InChI is InChI=1S/C19H15N3O4/c23-19-16(12-21-24)8-14(7-13-3-2-6-20-11-13)9-18(19)15-4-1-5-17(10-15)22(25)26/h1-6,8-12,23-24H,7H2/b21-12+. The van der Waals surface area contributed by atoms with Crippen molar-refractivity contribution in [2.24, 2.45) is 5.16 Å². The van der Waals surface area contributed by atoms with Crippen LogP contribution in [0.4, 0.5) is 5.69 Å². The molecule has 2 N–H and O–H groups in total. The molecule has 0 spiro atoms. The number of oxime groups is 1. The van der Waals surface area contributed by atoms with Crippen molar-refractivity contribution in [2.45, 2.75) is 6.42 Å². The van der Waals surface area contributed by atoms with Gasteiger partial charge in [-0.05, 0) is 41.3 Å². The van der Waals surface area contributed by atoms with Crippen molar-refractivity contribution in [3.8, 4) is 16.9 Å². The first-order chi connectivity index (χ1) is 12.6. The molecule has 1 heterocycles. The monoisotopic (exact) mass is 349 g/mol. The lowest BCUT2D eigenvalue weighted by Gasteiger charge is -2.11. The highest BCUT2D eigenvalue weighted by molar-refractivity contribution is 5.89. The van der Waals surface area contributed by atoms with E-state index < -0.39 is 4.92 Å². The third-order valence-electron chi connectivity index (χ3n) is 3.90. The van der Waals surface area contributed by atoms with Gasteiger partial charge in [0.15, 0.2) is 0 Å². The predicted octanol–water partition coefficient (Wildman–Crippen LogP) is 3.76. The van der Waals surface area contributed by atoms with Crippen LogP contribution in [-0.4, -0.2) is 26.4 Å². The number of aromatic nitrogens is 1. The number of hydrogen-bond acceptors (Lipinski definition) is 6. The Balaban J connectivity index is 2.11. The number of rotatable bonds is 5. The van der Waals surface area contributed by atoms with Crippen molar-refractivity contribution in [1.29, 1.82) is 0 Å². The summed E-state index contributed by atoms with van der Waals surface area (Å²) in [6.07, 6.45) is 5.09. The molecule has 0 aliphatic rings. The number of nitrogens with zero attached hydrogens (tertiary/aromatic N) is 3. The van der Waals surface area contributed by atoms with E-state index in [2.05, 4.69) is 10.1 Å². The lowest BCUT2D eigenvalue weighted by Crippen LogP contribution is -1.95. The molecule has 7 heteroatoms. The Kier molecular flexibility index (Phi) is 4.89. The Morgan fingerprint density at radius 3 is 2.69 bits per heavy atom. The number of pyridine rings is 1. The van der Waals surface area contributed by atoms with Crippen LogP contribution in [0.15, 0.2) is 66.1 Å². The van der Waals surface area contributed by atoms with Gasteiger partial charge in [-0.15, -0.1) is 0 Å². The maximum atomic E-state index is 11.0. The summed E-state index contributed by atoms with van der Waals surface area (Å²) in [5.74, 6) is -0.113. The fraction of sp³-hybridized carbons (Fsp3) is 0.0526. The fourth-order valence-corrected chi connectivity index (χ4v) is 2.73. The van der Waals surface area contributed by atoms with Crippen molar-refractivity contribution >= 4 is 11.9 Å². The molecule has 0 saturated heterocycles. The Hall–Kier alpha value is -3.74. The van der Waals surface area contributed by atoms with Gasteiger partial charge < -0.3 is 10.3 Å². The molecule has 0 saturated carbocycles. The number of phenolic OH excluding ortho intramolecular Hbond substituents is 1. The summed E-state index contributed by atoms with van der Waals surface area (Å²) < 4.78 is 0. The zero-order valence-corrected chi connectivity index (χ0v) is 13.6. The van der Waals surface area contributed by atoms with Crippen LogP contribution in [0.1, 0.15) is 16.7 Å². The van der Waals surface area contributed by atoms with Crippen molar-refractivity contribution in [1.82, 2.24) is 4.98 Å². The molecule has 3 aromatic rings. The van der Waals surface area contributed by atoms with E-state index in [4.69, 9.17) is 5.21 Å². The molecule has 0 amide bonds. The number of phenols is 1. The largest absolute Gasteiger partial charge is 0.507 e. The lowest BCUT2D eigenvalue weighted by molar-refractivity contribution is -0.384.